The van der Waals surface area contributed by atoms with E-state index < -0.39 is 22.1 Å². The van der Waals surface area contributed by atoms with Gasteiger partial charge in [0.25, 0.3) is 16.0 Å². The van der Waals surface area contributed by atoms with Gasteiger partial charge < -0.3 is 10.5 Å². The molecule has 172 valence electrons. The van der Waals surface area contributed by atoms with Gasteiger partial charge in [0.1, 0.15) is 22.4 Å². The van der Waals surface area contributed by atoms with Crippen LogP contribution in [0.3, 0.4) is 0 Å². The Morgan fingerprint density at radius 1 is 1.30 bits per heavy atom. The Kier molecular flexibility index (Phi) is 6.44. The molecular formula is C22H20ClN3O5S2. The molecule has 4 aromatic rings. The molecule has 1 atom stereocenters. The van der Waals surface area contributed by atoms with Crippen LogP contribution in [0.25, 0.3) is 16.2 Å². The summed E-state index contributed by atoms with van der Waals surface area (Å²) in [5.41, 5.74) is 8.41. The third-order valence-electron chi connectivity index (χ3n) is 5.04. The average Bonchev–Trinajstić information content (AvgIpc) is 3.35. The quantitative estimate of drug-likeness (QED) is 0.342. The summed E-state index contributed by atoms with van der Waals surface area (Å²) in [4.78, 5) is 17.5. The number of fused-ring (bicyclic) bond motifs is 1. The normalized spacial score (nSPS) is 12.7. The number of nitrogens with zero attached hydrogens (tertiary/aromatic N) is 2. The Balaban J connectivity index is 1.69. The number of benzene rings is 1. The number of amides is 1. The van der Waals surface area contributed by atoms with Crippen molar-refractivity contribution in [1.82, 2.24) is 9.38 Å². The van der Waals surface area contributed by atoms with Crippen molar-refractivity contribution in [3.05, 3.63) is 75.9 Å². The number of hydrogen-bond acceptors (Lipinski definition) is 6. The summed E-state index contributed by atoms with van der Waals surface area (Å²) in [5, 5.41) is 0.556. The van der Waals surface area contributed by atoms with Crippen LogP contribution in [0.15, 0.2) is 54.9 Å². The topological polar surface area (TPSA) is 124 Å². The number of carbonyl (C=O) groups excluding carboxylic acids is 1. The van der Waals surface area contributed by atoms with E-state index in [9.17, 15) is 13.2 Å². The van der Waals surface area contributed by atoms with Gasteiger partial charge >= 0.3 is 0 Å². The highest BCUT2D eigenvalue weighted by Crippen LogP contribution is 2.39. The number of aryl methyl sites for hydroxylation is 1. The number of thiophene rings is 1. The van der Waals surface area contributed by atoms with E-state index in [0.29, 0.717) is 32.6 Å². The van der Waals surface area contributed by atoms with Gasteiger partial charge in [0, 0.05) is 22.8 Å². The number of ether oxygens (including phenoxy) is 1. The molecule has 4 rings (SSSR count). The lowest BCUT2D eigenvalue weighted by molar-refractivity contribution is 0.0998. The van der Waals surface area contributed by atoms with E-state index in [0.717, 1.165) is 5.56 Å². The predicted octanol–water partition coefficient (Wildman–Crippen LogP) is 4.39. The number of rotatable bonds is 8. The maximum absolute atomic E-state index is 12.1. The lowest BCUT2D eigenvalue weighted by atomic mass is 10.1. The van der Waals surface area contributed by atoms with Crippen LogP contribution in [0.4, 0.5) is 0 Å². The third kappa shape index (κ3) is 5.19. The summed E-state index contributed by atoms with van der Waals surface area (Å²) >= 11 is 7.45. The van der Waals surface area contributed by atoms with E-state index in [-0.39, 0.29) is 17.1 Å². The Labute approximate surface area is 199 Å². The molecule has 0 spiro atoms. The fourth-order valence-corrected chi connectivity index (χ4v) is 5.15. The number of aromatic nitrogens is 2. The Hall–Kier alpha value is -2.92. The van der Waals surface area contributed by atoms with Crippen molar-refractivity contribution in [2.45, 2.75) is 19.4 Å². The molecule has 0 aliphatic carbocycles. The predicted molar refractivity (Wildman–Crippen MR) is 128 cm³/mol. The average molecular weight is 506 g/mol. The fraction of sp³-hybridized carbons (Fsp3) is 0.182. The number of hydrogen-bond donors (Lipinski definition) is 2. The second-order valence-corrected chi connectivity index (χ2v) is 10.4. The maximum atomic E-state index is 12.1. The van der Waals surface area contributed by atoms with E-state index >= 15 is 0 Å². The van der Waals surface area contributed by atoms with Crippen LogP contribution in [-0.4, -0.2) is 34.0 Å². The summed E-state index contributed by atoms with van der Waals surface area (Å²) in [6.07, 6.45) is 3.13. The molecular weight excluding hydrogens is 486 g/mol. The monoisotopic (exact) mass is 505 g/mol. The molecule has 0 unspecified atom stereocenters. The summed E-state index contributed by atoms with van der Waals surface area (Å²) in [7, 11) is -4.07. The summed E-state index contributed by atoms with van der Waals surface area (Å²) < 4.78 is 39.1. The van der Waals surface area contributed by atoms with Gasteiger partial charge in [0.05, 0.1) is 22.5 Å². The van der Waals surface area contributed by atoms with Gasteiger partial charge in [-0.25, -0.2) is 4.98 Å². The molecule has 8 nitrogen and oxygen atoms in total. The van der Waals surface area contributed by atoms with Gasteiger partial charge in [-0.3, -0.25) is 13.7 Å². The van der Waals surface area contributed by atoms with Crippen LogP contribution in [0.1, 0.15) is 33.8 Å². The number of halogens is 1. The zero-order valence-electron chi connectivity index (χ0n) is 17.4. The van der Waals surface area contributed by atoms with Crippen LogP contribution >= 0.6 is 22.9 Å². The highest BCUT2D eigenvalue weighted by Gasteiger charge is 2.21. The largest absolute Gasteiger partial charge is 0.484 e. The maximum Gasteiger partial charge on any atom is 0.265 e. The van der Waals surface area contributed by atoms with E-state index in [2.05, 4.69) is 4.98 Å². The van der Waals surface area contributed by atoms with E-state index in [4.69, 9.17) is 26.6 Å². The number of carbonyl (C=O) groups is 1. The van der Waals surface area contributed by atoms with E-state index in [1.165, 1.54) is 11.3 Å². The molecule has 3 aromatic heterocycles. The van der Waals surface area contributed by atoms with E-state index in [1.807, 2.05) is 25.1 Å². The van der Waals surface area contributed by atoms with Crippen molar-refractivity contribution in [2.75, 3.05) is 5.75 Å². The SMILES string of the molecule is C[C@@H](Oc1cc(-c2cnc3ccc(CCS(=O)(=O)O)cn23)sc1C(N)=O)c1ccccc1Cl. The van der Waals surface area contributed by atoms with Gasteiger partial charge in [0.2, 0.25) is 0 Å². The minimum absolute atomic E-state index is 0.146. The molecule has 0 saturated heterocycles. The van der Waals surface area contributed by atoms with Gasteiger partial charge in [-0.1, -0.05) is 35.9 Å². The van der Waals surface area contributed by atoms with E-state index in [1.54, 1.807) is 41.1 Å². The smallest absolute Gasteiger partial charge is 0.265 e. The van der Waals surface area contributed by atoms with Crippen molar-refractivity contribution >= 4 is 44.6 Å². The minimum Gasteiger partial charge on any atom is -0.484 e. The molecule has 0 saturated carbocycles. The van der Waals surface area contributed by atoms with Gasteiger partial charge in [-0.15, -0.1) is 11.3 Å². The van der Waals surface area contributed by atoms with Crippen LogP contribution in [0.2, 0.25) is 5.02 Å². The molecule has 3 N–H and O–H groups in total. The first-order valence-electron chi connectivity index (χ1n) is 9.88. The zero-order valence-corrected chi connectivity index (χ0v) is 19.8. The molecule has 0 aliphatic heterocycles. The van der Waals surface area contributed by atoms with Gasteiger partial charge in [-0.05, 0) is 31.0 Å². The Morgan fingerprint density at radius 2 is 2.06 bits per heavy atom. The molecule has 0 radical (unpaired) electrons. The van der Waals surface area contributed by atoms with Crippen LogP contribution in [0, 0.1) is 0 Å². The third-order valence-corrected chi connectivity index (χ3v) is 7.25. The van der Waals surface area contributed by atoms with Crippen LogP contribution in [0.5, 0.6) is 5.75 Å². The molecule has 0 fully saturated rings. The van der Waals surface area contributed by atoms with Crippen molar-refractivity contribution < 1.29 is 22.5 Å². The van der Waals surface area contributed by atoms with Crippen molar-refractivity contribution in [2.24, 2.45) is 5.73 Å². The Morgan fingerprint density at radius 3 is 2.76 bits per heavy atom. The highest BCUT2D eigenvalue weighted by atomic mass is 35.5. The first kappa shape index (κ1) is 23.2. The minimum atomic E-state index is -4.07. The standard InChI is InChI=1S/C22H20ClN3O5S2/c1-13(15-4-2-3-5-16(15)23)31-18-10-19(32-21(18)22(24)27)17-11-25-20-7-6-14(12-26(17)20)8-9-33(28,29)30/h2-7,10-13H,8-9H2,1H3,(H2,24,27)(H,28,29,30)/t13-/m1/s1. The highest BCUT2D eigenvalue weighted by molar-refractivity contribution is 7.85. The number of pyridine rings is 1. The first-order valence-corrected chi connectivity index (χ1v) is 12.7. The molecule has 1 aromatic carbocycles. The summed E-state index contributed by atoms with van der Waals surface area (Å²) in [5.74, 6) is -0.659. The Bertz CT molecular complexity index is 1450. The molecule has 0 aliphatic rings. The van der Waals surface area contributed by atoms with Crippen molar-refractivity contribution in [1.29, 1.82) is 0 Å². The van der Waals surface area contributed by atoms with Crippen molar-refractivity contribution in [3.8, 4) is 16.3 Å². The molecule has 0 bridgehead atoms. The second-order valence-electron chi connectivity index (χ2n) is 7.39. The molecule has 33 heavy (non-hydrogen) atoms. The number of nitrogens with two attached hydrogens (primary N) is 1. The molecule has 1 amide bonds. The van der Waals surface area contributed by atoms with Gasteiger partial charge in [0.15, 0.2) is 0 Å². The lowest BCUT2D eigenvalue weighted by Crippen LogP contribution is -2.12. The van der Waals surface area contributed by atoms with Gasteiger partial charge in [-0.2, -0.15) is 8.42 Å². The molecule has 3 heterocycles. The first-order chi connectivity index (χ1) is 15.6. The van der Waals surface area contributed by atoms with Crippen LogP contribution in [-0.2, 0) is 16.5 Å². The number of primary amides is 1. The lowest BCUT2D eigenvalue weighted by Gasteiger charge is -2.16. The summed E-state index contributed by atoms with van der Waals surface area (Å²) in [6, 6.07) is 12.5. The van der Waals surface area contributed by atoms with Crippen LogP contribution < -0.4 is 10.5 Å². The van der Waals surface area contributed by atoms with Crippen molar-refractivity contribution in [3.63, 3.8) is 0 Å². The zero-order chi connectivity index (χ0) is 23.8. The number of imidazole rings is 1. The second kappa shape index (κ2) is 9.14. The fourth-order valence-electron chi connectivity index (χ4n) is 3.42. The summed E-state index contributed by atoms with van der Waals surface area (Å²) in [6.45, 7) is 1.83. The molecule has 11 heteroatoms.